The van der Waals surface area contributed by atoms with E-state index in [0.717, 1.165) is 16.8 Å². The topological polar surface area (TPSA) is 73.6 Å². The molecule has 5 heteroatoms. The summed E-state index contributed by atoms with van der Waals surface area (Å²) < 4.78 is 10.8. The van der Waals surface area contributed by atoms with Crippen LogP contribution >= 0.6 is 0 Å². The smallest absolute Gasteiger partial charge is 0.243 e. The Labute approximate surface area is 126 Å². The van der Waals surface area contributed by atoms with Crippen molar-refractivity contribution in [3.8, 4) is 0 Å². The van der Waals surface area contributed by atoms with E-state index < -0.39 is 5.54 Å². The van der Waals surface area contributed by atoms with E-state index in [1.54, 1.807) is 13.8 Å². The minimum atomic E-state index is -0.906. The van der Waals surface area contributed by atoms with Gasteiger partial charge in [0.1, 0.15) is 0 Å². The molecule has 3 N–H and O–H groups in total. The average molecular weight is 294 g/mol. The quantitative estimate of drug-likeness (QED) is 0.721. The van der Waals surface area contributed by atoms with Gasteiger partial charge in [-0.25, -0.2) is 0 Å². The highest BCUT2D eigenvalue weighted by molar-refractivity contribution is 5.97. The van der Waals surface area contributed by atoms with E-state index in [2.05, 4.69) is 5.32 Å². The molecule has 0 unspecified atom stereocenters. The van der Waals surface area contributed by atoms with Gasteiger partial charge in [-0.3, -0.25) is 4.79 Å². The van der Waals surface area contributed by atoms with Crippen molar-refractivity contribution < 1.29 is 14.3 Å². The standard InChI is InChI=1S/C16H26N2O3/c1-5-20-9-10-21-11-13-7-6-8-14(12(13)2)18-15(19)16(3,4)17/h6-8H,5,9-11,17H2,1-4H3,(H,18,19). The fourth-order valence-corrected chi connectivity index (χ4v) is 1.70. The summed E-state index contributed by atoms with van der Waals surface area (Å²) in [5, 5.41) is 2.86. The number of hydrogen-bond donors (Lipinski definition) is 2. The van der Waals surface area contributed by atoms with Gasteiger partial charge in [0.15, 0.2) is 0 Å². The normalized spacial score (nSPS) is 11.5. The Morgan fingerprint density at radius 1 is 1.29 bits per heavy atom. The molecule has 0 aliphatic heterocycles. The Morgan fingerprint density at radius 3 is 2.57 bits per heavy atom. The molecule has 118 valence electrons. The van der Waals surface area contributed by atoms with Gasteiger partial charge < -0.3 is 20.5 Å². The van der Waals surface area contributed by atoms with Crippen molar-refractivity contribution in [3.05, 3.63) is 29.3 Å². The van der Waals surface area contributed by atoms with Gasteiger partial charge in [-0.05, 0) is 44.9 Å². The van der Waals surface area contributed by atoms with Crippen molar-refractivity contribution in [3.63, 3.8) is 0 Å². The van der Waals surface area contributed by atoms with Crippen LogP contribution in [0.1, 0.15) is 31.9 Å². The summed E-state index contributed by atoms with van der Waals surface area (Å²) >= 11 is 0. The second kappa shape index (κ2) is 8.12. The van der Waals surface area contributed by atoms with Crippen LogP contribution in [0.3, 0.4) is 0 Å². The number of hydrogen-bond acceptors (Lipinski definition) is 4. The summed E-state index contributed by atoms with van der Waals surface area (Å²) in [5.74, 6) is -0.208. The Bertz CT molecular complexity index is 467. The van der Waals surface area contributed by atoms with Gasteiger partial charge in [-0.2, -0.15) is 0 Å². The van der Waals surface area contributed by atoms with Crippen LogP contribution < -0.4 is 11.1 Å². The first kappa shape index (κ1) is 17.6. The molecular weight excluding hydrogens is 268 g/mol. The van der Waals surface area contributed by atoms with Gasteiger partial charge in [0.2, 0.25) is 5.91 Å². The van der Waals surface area contributed by atoms with Crippen molar-refractivity contribution >= 4 is 11.6 Å². The Morgan fingerprint density at radius 2 is 1.95 bits per heavy atom. The SMILES string of the molecule is CCOCCOCc1cccc(NC(=O)C(C)(C)N)c1C. The Balaban J connectivity index is 2.64. The first-order chi connectivity index (χ1) is 9.86. The highest BCUT2D eigenvalue weighted by atomic mass is 16.5. The number of rotatable bonds is 8. The van der Waals surface area contributed by atoms with Gasteiger partial charge >= 0.3 is 0 Å². The van der Waals surface area contributed by atoms with Crippen LogP contribution in [0, 0.1) is 6.92 Å². The molecule has 0 fully saturated rings. The molecule has 1 aromatic rings. The van der Waals surface area contributed by atoms with E-state index in [9.17, 15) is 4.79 Å². The number of amides is 1. The number of benzene rings is 1. The first-order valence-electron chi connectivity index (χ1n) is 7.20. The van der Waals surface area contributed by atoms with E-state index >= 15 is 0 Å². The summed E-state index contributed by atoms with van der Waals surface area (Å²) in [6, 6.07) is 5.75. The number of anilines is 1. The summed E-state index contributed by atoms with van der Waals surface area (Å²) in [6.45, 7) is 9.60. The highest BCUT2D eigenvalue weighted by Gasteiger charge is 2.22. The van der Waals surface area contributed by atoms with E-state index in [1.165, 1.54) is 0 Å². The lowest BCUT2D eigenvalue weighted by atomic mass is 10.0. The molecule has 1 aromatic carbocycles. The Kier molecular flexibility index (Phi) is 6.81. The van der Waals surface area contributed by atoms with Gasteiger partial charge in [0.25, 0.3) is 0 Å². The van der Waals surface area contributed by atoms with Crippen LogP contribution in [0.5, 0.6) is 0 Å². The summed E-state index contributed by atoms with van der Waals surface area (Å²) in [6.07, 6.45) is 0. The van der Waals surface area contributed by atoms with Crippen LogP contribution in [-0.4, -0.2) is 31.3 Å². The predicted octanol–water partition coefficient (Wildman–Crippen LogP) is 2.22. The molecule has 1 amide bonds. The van der Waals surface area contributed by atoms with Gasteiger partial charge in [0, 0.05) is 12.3 Å². The molecule has 1 rings (SSSR count). The third kappa shape index (κ3) is 5.83. The third-order valence-corrected chi connectivity index (χ3v) is 3.11. The molecular formula is C16H26N2O3. The van der Waals surface area contributed by atoms with E-state index in [1.807, 2.05) is 32.0 Å². The molecule has 0 radical (unpaired) electrons. The highest BCUT2D eigenvalue weighted by Crippen LogP contribution is 2.20. The second-order valence-electron chi connectivity index (χ2n) is 5.52. The third-order valence-electron chi connectivity index (χ3n) is 3.11. The minimum Gasteiger partial charge on any atom is -0.379 e. The maximum Gasteiger partial charge on any atom is 0.243 e. The summed E-state index contributed by atoms with van der Waals surface area (Å²) in [7, 11) is 0. The van der Waals surface area contributed by atoms with Gasteiger partial charge in [-0.15, -0.1) is 0 Å². The number of ether oxygens (including phenoxy) is 2. The van der Waals surface area contributed by atoms with Crippen molar-refractivity contribution in [2.45, 2.75) is 39.8 Å². The van der Waals surface area contributed by atoms with Crippen LogP contribution in [0.2, 0.25) is 0 Å². The molecule has 0 atom stereocenters. The molecule has 0 aromatic heterocycles. The number of carbonyl (C=O) groups excluding carboxylic acids is 1. The predicted molar refractivity (Wildman–Crippen MR) is 84.2 cm³/mol. The zero-order valence-corrected chi connectivity index (χ0v) is 13.4. The number of nitrogens with one attached hydrogen (secondary N) is 1. The van der Waals surface area contributed by atoms with Gasteiger partial charge in [-0.1, -0.05) is 12.1 Å². The van der Waals surface area contributed by atoms with Crippen molar-refractivity contribution in [1.82, 2.24) is 0 Å². The monoisotopic (exact) mass is 294 g/mol. The van der Waals surface area contributed by atoms with Crippen molar-refractivity contribution in [2.75, 3.05) is 25.1 Å². The molecule has 0 aliphatic rings. The molecule has 0 heterocycles. The number of carbonyl (C=O) groups is 1. The zero-order valence-electron chi connectivity index (χ0n) is 13.4. The summed E-state index contributed by atoms with van der Waals surface area (Å²) in [4.78, 5) is 11.9. The number of nitrogens with two attached hydrogens (primary N) is 1. The van der Waals surface area contributed by atoms with Crippen LogP contribution in [0.4, 0.5) is 5.69 Å². The van der Waals surface area contributed by atoms with Gasteiger partial charge in [0.05, 0.1) is 25.4 Å². The zero-order chi connectivity index (χ0) is 15.9. The fourth-order valence-electron chi connectivity index (χ4n) is 1.70. The maximum absolute atomic E-state index is 11.9. The van der Waals surface area contributed by atoms with Crippen molar-refractivity contribution in [2.24, 2.45) is 5.73 Å². The van der Waals surface area contributed by atoms with Crippen LogP contribution in [0.15, 0.2) is 18.2 Å². The largest absolute Gasteiger partial charge is 0.379 e. The summed E-state index contributed by atoms with van der Waals surface area (Å²) in [5.41, 5.74) is 7.69. The first-order valence-corrected chi connectivity index (χ1v) is 7.20. The molecule has 0 saturated heterocycles. The van der Waals surface area contributed by atoms with E-state index in [0.29, 0.717) is 26.4 Å². The molecule has 0 spiro atoms. The van der Waals surface area contributed by atoms with Crippen LogP contribution in [-0.2, 0) is 20.9 Å². The minimum absolute atomic E-state index is 0.208. The van der Waals surface area contributed by atoms with E-state index in [-0.39, 0.29) is 5.91 Å². The molecule has 0 saturated carbocycles. The molecule has 21 heavy (non-hydrogen) atoms. The molecule has 5 nitrogen and oxygen atoms in total. The second-order valence-corrected chi connectivity index (χ2v) is 5.52. The average Bonchev–Trinajstić information content (AvgIpc) is 2.41. The lowest BCUT2D eigenvalue weighted by Gasteiger charge is -2.19. The lowest BCUT2D eigenvalue weighted by molar-refractivity contribution is -0.120. The molecule has 0 aliphatic carbocycles. The van der Waals surface area contributed by atoms with E-state index in [4.69, 9.17) is 15.2 Å². The fraction of sp³-hybridized carbons (Fsp3) is 0.562. The Hall–Kier alpha value is -1.43. The lowest BCUT2D eigenvalue weighted by Crippen LogP contribution is -2.45. The van der Waals surface area contributed by atoms with Crippen molar-refractivity contribution in [1.29, 1.82) is 0 Å². The maximum atomic E-state index is 11.9. The molecule has 0 bridgehead atoms. The van der Waals surface area contributed by atoms with Crippen LogP contribution in [0.25, 0.3) is 0 Å².